The number of hydrogen-bond donors (Lipinski definition) is 1. The van der Waals surface area contributed by atoms with Crippen LogP contribution in [-0.4, -0.2) is 67.6 Å². The first-order valence-corrected chi connectivity index (χ1v) is 9.02. The van der Waals surface area contributed by atoms with Gasteiger partial charge in [0.15, 0.2) is 5.16 Å². The van der Waals surface area contributed by atoms with Gasteiger partial charge in [0.05, 0.1) is 12.3 Å². The van der Waals surface area contributed by atoms with Crippen molar-refractivity contribution in [3.63, 3.8) is 0 Å². The molecule has 1 N–H and O–H groups in total. The maximum absolute atomic E-state index is 12.4. The molecule has 1 aliphatic heterocycles. The molecule has 128 valence electrons. The zero-order chi connectivity index (χ0) is 16.9. The molecule has 0 aromatic carbocycles. The highest BCUT2D eigenvalue weighted by atomic mass is 32.2. The predicted octanol–water partition coefficient (Wildman–Crippen LogP) is 1.25. The fraction of sp³-hybridized carbons (Fsp3) is 0.500. The molecular formula is C16H22N6OS. The van der Waals surface area contributed by atoms with Gasteiger partial charge < -0.3 is 9.88 Å². The number of rotatable bonds is 5. The second-order valence-electron chi connectivity index (χ2n) is 5.91. The lowest BCUT2D eigenvalue weighted by atomic mass is 10.3. The van der Waals surface area contributed by atoms with E-state index in [1.54, 1.807) is 6.20 Å². The van der Waals surface area contributed by atoms with E-state index < -0.39 is 0 Å². The smallest absolute Gasteiger partial charge is 0.233 e. The minimum atomic E-state index is 0.153. The molecule has 0 atom stereocenters. The summed E-state index contributed by atoms with van der Waals surface area (Å²) in [6.45, 7) is 7.95. The van der Waals surface area contributed by atoms with Crippen molar-refractivity contribution >= 4 is 17.7 Å². The Hall–Kier alpha value is -1.93. The summed E-state index contributed by atoms with van der Waals surface area (Å²) in [6.07, 6.45) is 3.60. The molecule has 0 spiro atoms. The topological polar surface area (TPSA) is 78.0 Å². The maximum atomic E-state index is 12.4. The number of hydrogen-bond acceptors (Lipinski definition) is 6. The normalized spacial score (nSPS) is 15.7. The summed E-state index contributed by atoms with van der Waals surface area (Å²) in [5.74, 6) is 1.51. The van der Waals surface area contributed by atoms with E-state index in [2.05, 4.69) is 24.8 Å². The second kappa shape index (κ2) is 7.76. The third kappa shape index (κ3) is 4.55. The monoisotopic (exact) mass is 346 g/mol. The van der Waals surface area contributed by atoms with Gasteiger partial charge in [-0.05, 0) is 19.9 Å². The van der Waals surface area contributed by atoms with Crippen LogP contribution in [0.3, 0.4) is 0 Å². The van der Waals surface area contributed by atoms with Gasteiger partial charge in [-0.1, -0.05) is 11.8 Å². The number of imidazole rings is 1. The van der Waals surface area contributed by atoms with Crippen molar-refractivity contribution < 1.29 is 4.79 Å². The molecule has 24 heavy (non-hydrogen) atoms. The Bertz CT molecular complexity index is 662. The molecule has 3 rings (SSSR count). The summed E-state index contributed by atoms with van der Waals surface area (Å²) in [5.41, 5.74) is 1.87. The van der Waals surface area contributed by atoms with Crippen LogP contribution in [0.5, 0.6) is 0 Å². The molecule has 0 bridgehead atoms. The first-order valence-electron chi connectivity index (χ1n) is 8.03. The number of carbonyl (C=O) groups is 1. The second-order valence-corrected chi connectivity index (χ2v) is 6.86. The average Bonchev–Trinajstić information content (AvgIpc) is 3.05. The number of aryl methyl sites for hydroxylation is 2. The molecule has 2 aromatic rings. The highest BCUT2D eigenvalue weighted by Gasteiger charge is 2.21. The minimum Gasteiger partial charge on any atom is -0.348 e. The van der Waals surface area contributed by atoms with Crippen molar-refractivity contribution in [1.29, 1.82) is 0 Å². The molecule has 2 aromatic heterocycles. The van der Waals surface area contributed by atoms with Gasteiger partial charge in [0.1, 0.15) is 5.82 Å². The van der Waals surface area contributed by atoms with Gasteiger partial charge in [-0.15, -0.1) is 0 Å². The van der Waals surface area contributed by atoms with Crippen molar-refractivity contribution in [3.05, 3.63) is 35.7 Å². The van der Waals surface area contributed by atoms with Crippen molar-refractivity contribution in [2.75, 3.05) is 31.9 Å². The summed E-state index contributed by atoms with van der Waals surface area (Å²) in [6, 6.07) is 1.93. The van der Waals surface area contributed by atoms with E-state index in [1.807, 2.05) is 31.0 Å². The van der Waals surface area contributed by atoms with Crippen LogP contribution >= 0.6 is 11.8 Å². The first kappa shape index (κ1) is 16.9. The van der Waals surface area contributed by atoms with E-state index in [0.29, 0.717) is 10.9 Å². The van der Waals surface area contributed by atoms with E-state index in [4.69, 9.17) is 0 Å². The average molecular weight is 346 g/mol. The summed E-state index contributed by atoms with van der Waals surface area (Å²) in [5, 5.41) is 0.678. The van der Waals surface area contributed by atoms with E-state index in [0.717, 1.165) is 49.9 Å². The van der Waals surface area contributed by atoms with Crippen molar-refractivity contribution in [2.45, 2.75) is 25.5 Å². The van der Waals surface area contributed by atoms with Gasteiger partial charge in [0, 0.05) is 50.0 Å². The molecule has 0 saturated carbocycles. The molecule has 1 amide bonds. The number of aromatic amines is 1. The molecule has 1 fully saturated rings. The fourth-order valence-corrected chi connectivity index (χ4v) is 3.58. The molecule has 8 heteroatoms. The number of nitrogens with zero attached hydrogens (tertiary/aromatic N) is 5. The summed E-state index contributed by atoms with van der Waals surface area (Å²) < 4.78 is 0. The summed E-state index contributed by atoms with van der Waals surface area (Å²) >= 11 is 1.41. The van der Waals surface area contributed by atoms with E-state index >= 15 is 0 Å². The van der Waals surface area contributed by atoms with Crippen molar-refractivity contribution in [1.82, 2.24) is 29.7 Å². The largest absolute Gasteiger partial charge is 0.348 e. The number of amides is 1. The molecular weight excluding hydrogens is 324 g/mol. The Morgan fingerprint density at radius 2 is 1.92 bits per heavy atom. The quantitative estimate of drug-likeness (QED) is 0.649. The Morgan fingerprint density at radius 1 is 1.21 bits per heavy atom. The van der Waals surface area contributed by atoms with Crippen molar-refractivity contribution in [3.8, 4) is 0 Å². The van der Waals surface area contributed by atoms with Gasteiger partial charge in [0.25, 0.3) is 0 Å². The Labute approximate surface area is 145 Å². The number of aromatic nitrogens is 4. The van der Waals surface area contributed by atoms with E-state index in [-0.39, 0.29) is 5.91 Å². The third-order valence-corrected chi connectivity index (χ3v) is 4.77. The number of carbonyl (C=O) groups excluding carboxylic acids is 1. The Kier molecular flexibility index (Phi) is 5.47. The van der Waals surface area contributed by atoms with Crippen LogP contribution in [0.25, 0.3) is 0 Å². The SMILES string of the molecule is Cc1cc(C)nc(SCC(=O)N2CCN(Cc3ncc[nH]3)CC2)n1. The molecule has 1 aliphatic rings. The van der Waals surface area contributed by atoms with Gasteiger partial charge in [-0.3, -0.25) is 9.69 Å². The lowest BCUT2D eigenvalue weighted by Gasteiger charge is -2.34. The molecule has 0 aliphatic carbocycles. The molecule has 0 radical (unpaired) electrons. The van der Waals surface area contributed by atoms with Crippen LogP contribution in [-0.2, 0) is 11.3 Å². The Balaban J connectivity index is 1.45. The number of thioether (sulfide) groups is 1. The van der Waals surface area contributed by atoms with Crippen molar-refractivity contribution in [2.24, 2.45) is 0 Å². The van der Waals surface area contributed by atoms with Gasteiger partial charge in [0.2, 0.25) is 5.91 Å². The highest BCUT2D eigenvalue weighted by molar-refractivity contribution is 7.99. The highest BCUT2D eigenvalue weighted by Crippen LogP contribution is 2.15. The van der Waals surface area contributed by atoms with Gasteiger partial charge >= 0.3 is 0 Å². The third-order valence-electron chi connectivity index (χ3n) is 3.94. The van der Waals surface area contributed by atoms with Crippen LogP contribution in [0.2, 0.25) is 0 Å². The van der Waals surface area contributed by atoms with Crippen LogP contribution in [0.15, 0.2) is 23.6 Å². The zero-order valence-electron chi connectivity index (χ0n) is 14.0. The van der Waals surface area contributed by atoms with E-state index in [1.165, 1.54) is 11.8 Å². The molecule has 3 heterocycles. The lowest BCUT2D eigenvalue weighted by Crippen LogP contribution is -2.48. The van der Waals surface area contributed by atoms with Gasteiger partial charge in [-0.2, -0.15) is 0 Å². The van der Waals surface area contributed by atoms with E-state index in [9.17, 15) is 4.79 Å². The fourth-order valence-electron chi connectivity index (χ4n) is 2.73. The van der Waals surface area contributed by atoms with Crippen LogP contribution in [0.1, 0.15) is 17.2 Å². The van der Waals surface area contributed by atoms with Crippen LogP contribution in [0, 0.1) is 13.8 Å². The summed E-state index contributed by atoms with van der Waals surface area (Å²) in [7, 11) is 0. The minimum absolute atomic E-state index is 0.153. The molecule has 1 saturated heterocycles. The zero-order valence-corrected chi connectivity index (χ0v) is 14.8. The summed E-state index contributed by atoms with van der Waals surface area (Å²) in [4.78, 5) is 32.7. The standard InChI is InChI=1S/C16H22N6OS/c1-12-9-13(2)20-16(19-12)24-11-15(23)22-7-5-21(6-8-22)10-14-17-3-4-18-14/h3-4,9H,5-8,10-11H2,1-2H3,(H,17,18). The van der Waals surface area contributed by atoms with Gasteiger partial charge in [-0.25, -0.2) is 15.0 Å². The van der Waals surface area contributed by atoms with Crippen LogP contribution < -0.4 is 0 Å². The van der Waals surface area contributed by atoms with Crippen LogP contribution in [0.4, 0.5) is 0 Å². The molecule has 7 nitrogen and oxygen atoms in total. The predicted molar refractivity (Wildman–Crippen MR) is 92.7 cm³/mol. The Morgan fingerprint density at radius 3 is 2.54 bits per heavy atom. The number of piperazine rings is 1. The number of H-pyrrole nitrogens is 1. The number of nitrogens with one attached hydrogen (secondary N) is 1. The maximum Gasteiger partial charge on any atom is 0.233 e. The first-order chi connectivity index (χ1) is 11.6. The lowest BCUT2D eigenvalue weighted by molar-refractivity contribution is -0.130. The molecule has 0 unspecified atom stereocenters.